The average Bonchev–Trinajstić information content (AvgIpc) is 3.41. The van der Waals surface area contributed by atoms with Crippen molar-refractivity contribution in [1.29, 1.82) is 5.26 Å². The third-order valence-electron chi connectivity index (χ3n) is 5.17. The summed E-state index contributed by atoms with van der Waals surface area (Å²) in [5.41, 5.74) is 0.947. The van der Waals surface area contributed by atoms with Gasteiger partial charge in [0.05, 0.1) is 22.5 Å². The third kappa shape index (κ3) is 3.07. The van der Waals surface area contributed by atoms with Crippen LogP contribution in [-0.2, 0) is 6.54 Å². The molecule has 5 heterocycles. The van der Waals surface area contributed by atoms with Gasteiger partial charge in [-0.1, -0.05) is 17.7 Å². The molecule has 0 fully saturated rings. The summed E-state index contributed by atoms with van der Waals surface area (Å²) in [5.74, 6) is 1.45. The third-order valence-corrected chi connectivity index (χ3v) is 5.47. The number of aromatic amines is 1. The maximum Gasteiger partial charge on any atom is 0.285 e. The smallest absolute Gasteiger partial charge is 0.285 e. The van der Waals surface area contributed by atoms with E-state index in [1.165, 1.54) is 15.4 Å². The Morgan fingerprint density at radius 3 is 2.88 bits per heavy atom. The fraction of sp³-hybridized carbons (Fsp3) is 0.143. The van der Waals surface area contributed by atoms with Crippen LogP contribution in [0, 0.1) is 11.3 Å². The lowest BCUT2D eigenvalue weighted by molar-refractivity contribution is 0.678. The minimum Gasteiger partial charge on any atom is -0.349 e. The first-order valence-corrected chi connectivity index (χ1v) is 10.2. The Balaban J connectivity index is 1.71. The van der Waals surface area contributed by atoms with Crippen molar-refractivity contribution in [2.45, 2.75) is 13.5 Å². The molecule has 0 saturated heterocycles. The van der Waals surface area contributed by atoms with Crippen LogP contribution in [0.25, 0.3) is 22.4 Å². The molecule has 0 aromatic carbocycles. The van der Waals surface area contributed by atoms with Crippen LogP contribution >= 0.6 is 11.6 Å². The van der Waals surface area contributed by atoms with Crippen molar-refractivity contribution in [3.05, 3.63) is 75.9 Å². The second kappa shape index (κ2) is 7.79. The lowest BCUT2D eigenvalue weighted by Gasteiger charge is -2.23. The van der Waals surface area contributed by atoms with Gasteiger partial charge in [-0.25, -0.2) is 24.0 Å². The van der Waals surface area contributed by atoms with E-state index in [-0.39, 0.29) is 17.6 Å². The summed E-state index contributed by atoms with van der Waals surface area (Å²) in [4.78, 5) is 31.3. The van der Waals surface area contributed by atoms with Gasteiger partial charge in [-0.3, -0.25) is 4.79 Å². The molecule has 0 aliphatic rings. The monoisotopic (exact) mass is 445 g/mol. The molecule has 0 spiro atoms. The highest BCUT2D eigenvalue weighted by molar-refractivity contribution is 6.33. The molecule has 5 aromatic heterocycles. The van der Waals surface area contributed by atoms with E-state index in [1.54, 1.807) is 42.9 Å². The molecule has 11 heteroatoms. The van der Waals surface area contributed by atoms with Crippen LogP contribution < -0.4 is 10.5 Å². The van der Waals surface area contributed by atoms with Crippen molar-refractivity contribution in [2.24, 2.45) is 0 Å². The predicted octanol–water partition coefficient (Wildman–Crippen LogP) is 2.70. The molecule has 158 valence electrons. The van der Waals surface area contributed by atoms with Crippen LogP contribution in [0.1, 0.15) is 18.3 Å². The molecular weight excluding hydrogens is 430 g/mol. The van der Waals surface area contributed by atoms with E-state index in [4.69, 9.17) is 11.6 Å². The Kier molecular flexibility index (Phi) is 4.80. The van der Waals surface area contributed by atoms with Crippen molar-refractivity contribution in [3.8, 4) is 11.9 Å². The minimum atomic E-state index is -0.327. The standard InChI is InChI=1S/C21H16ClN9O/c1-2-29(20-17-13(9-23)10-25-19(17)26-12-27-20)11-16-28-30-8-6-14(22)18(30)21(32)31(16)15-5-3-4-7-24-15/h3-8,10,12H,2,11H2,1H3,(H,25,26,27). The Hall–Kier alpha value is -4.23. The quantitative estimate of drug-likeness (QED) is 0.441. The van der Waals surface area contributed by atoms with Gasteiger partial charge in [0.15, 0.2) is 5.82 Å². The van der Waals surface area contributed by atoms with Gasteiger partial charge in [-0.05, 0) is 25.1 Å². The van der Waals surface area contributed by atoms with Crippen molar-refractivity contribution in [3.63, 3.8) is 0 Å². The van der Waals surface area contributed by atoms with Crippen molar-refractivity contribution < 1.29 is 0 Å². The molecule has 32 heavy (non-hydrogen) atoms. The summed E-state index contributed by atoms with van der Waals surface area (Å²) in [5, 5.41) is 15.1. The van der Waals surface area contributed by atoms with Crippen LogP contribution in [0.5, 0.6) is 0 Å². The maximum atomic E-state index is 13.4. The number of rotatable bonds is 5. The van der Waals surface area contributed by atoms with Crippen molar-refractivity contribution >= 4 is 34.0 Å². The number of hydrogen-bond donors (Lipinski definition) is 1. The molecule has 0 aliphatic carbocycles. The maximum absolute atomic E-state index is 13.4. The molecule has 0 radical (unpaired) electrons. The summed E-state index contributed by atoms with van der Waals surface area (Å²) in [7, 11) is 0. The summed E-state index contributed by atoms with van der Waals surface area (Å²) < 4.78 is 2.92. The normalized spacial score (nSPS) is 11.2. The number of nitrogens with zero attached hydrogens (tertiary/aromatic N) is 8. The number of fused-ring (bicyclic) bond motifs is 2. The number of pyridine rings is 1. The van der Waals surface area contributed by atoms with E-state index in [1.807, 2.05) is 11.8 Å². The first-order chi connectivity index (χ1) is 15.6. The molecule has 0 saturated carbocycles. The topological polar surface area (TPSA) is 121 Å². The molecular formula is C21H16ClN9O. The zero-order valence-corrected chi connectivity index (χ0v) is 17.7. The van der Waals surface area contributed by atoms with Crippen molar-refractivity contribution in [1.82, 2.24) is 34.1 Å². The molecule has 1 N–H and O–H groups in total. The number of hydrogen-bond acceptors (Lipinski definition) is 7. The van der Waals surface area contributed by atoms with Gasteiger partial charge in [-0.15, -0.1) is 0 Å². The molecule has 10 nitrogen and oxygen atoms in total. The lowest BCUT2D eigenvalue weighted by atomic mass is 10.2. The summed E-state index contributed by atoms with van der Waals surface area (Å²) in [6, 6.07) is 9.10. The van der Waals surface area contributed by atoms with E-state index in [0.29, 0.717) is 45.6 Å². The van der Waals surface area contributed by atoms with E-state index in [0.717, 1.165) is 0 Å². The second-order valence-corrected chi connectivity index (χ2v) is 7.36. The van der Waals surface area contributed by atoms with Gasteiger partial charge in [0, 0.05) is 25.1 Å². The minimum absolute atomic E-state index is 0.232. The number of aromatic nitrogens is 7. The number of H-pyrrole nitrogens is 1. The summed E-state index contributed by atoms with van der Waals surface area (Å²) >= 11 is 6.25. The molecule has 0 aliphatic heterocycles. The Morgan fingerprint density at radius 1 is 1.25 bits per heavy atom. The molecule has 5 aromatic rings. The Bertz CT molecular complexity index is 1550. The average molecular weight is 446 g/mol. The molecule has 5 rings (SSSR count). The molecule has 0 bridgehead atoms. The largest absolute Gasteiger partial charge is 0.349 e. The molecule has 0 atom stereocenters. The van der Waals surface area contributed by atoms with Crippen LogP contribution in [0.2, 0.25) is 5.02 Å². The number of nitrogens with one attached hydrogen (secondary N) is 1. The number of nitriles is 1. The number of anilines is 1. The predicted molar refractivity (Wildman–Crippen MR) is 119 cm³/mol. The van der Waals surface area contributed by atoms with E-state index in [2.05, 4.69) is 31.1 Å². The first-order valence-electron chi connectivity index (χ1n) is 9.79. The highest BCUT2D eigenvalue weighted by Gasteiger charge is 2.21. The fourth-order valence-electron chi connectivity index (χ4n) is 3.68. The number of halogens is 1. The second-order valence-electron chi connectivity index (χ2n) is 6.95. The van der Waals surface area contributed by atoms with Crippen molar-refractivity contribution in [2.75, 3.05) is 11.4 Å². The Labute approximate surface area is 186 Å². The first kappa shape index (κ1) is 19.7. The fourth-order valence-corrected chi connectivity index (χ4v) is 3.90. The Morgan fingerprint density at radius 2 is 2.12 bits per heavy atom. The zero-order chi connectivity index (χ0) is 22.2. The zero-order valence-electron chi connectivity index (χ0n) is 16.9. The van der Waals surface area contributed by atoms with Crippen LogP contribution in [0.15, 0.2) is 54.0 Å². The highest BCUT2D eigenvalue weighted by Crippen LogP contribution is 2.27. The lowest BCUT2D eigenvalue weighted by Crippen LogP contribution is -2.32. The SMILES string of the molecule is CCN(Cc1nn2ccc(Cl)c2c(=O)n1-c1ccccn1)c1ncnc2[nH]cc(C#N)c12. The molecule has 0 amide bonds. The van der Waals surface area contributed by atoms with Crippen LogP contribution in [-0.4, -0.2) is 40.7 Å². The van der Waals surface area contributed by atoms with Crippen LogP contribution in [0.4, 0.5) is 5.82 Å². The van der Waals surface area contributed by atoms with E-state index < -0.39 is 0 Å². The van der Waals surface area contributed by atoms with Gasteiger partial charge >= 0.3 is 0 Å². The molecule has 0 unspecified atom stereocenters. The van der Waals surface area contributed by atoms with E-state index in [9.17, 15) is 10.1 Å². The summed E-state index contributed by atoms with van der Waals surface area (Å²) in [6.45, 7) is 2.74. The summed E-state index contributed by atoms with van der Waals surface area (Å²) in [6.07, 6.45) is 6.29. The van der Waals surface area contributed by atoms with Gasteiger partial charge in [0.1, 0.15) is 35.2 Å². The van der Waals surface area contributed by atoms with E-state index >= 15 is 0 Å². The van der Waals surface area contributed by atoms with Crippen LogP contribution in [0.3, 0.4) is 0 Å². The van der Waals surface area contributed by atoms with Gasteiger partial charge in [0.25, 0.3) is 5.56 Å². The highest BCUT2D eigenvalue weighted by atomic mass is 35.5. The van der Waals surface area contributed by atoms with Gasteiger partial charge in [0.2, 0.25) is 0 Å². The van der Waals surface area contributed by atoms with Gasteiger partial charge < -0.3 is 9.88 Å². The van der Waals surface area contributed by atoms with Gasteiger partial charge in [-0.2, -0.15) is 10.4 Å².